The summed E-state index contributed by atoms with van der Waals surface area (Å²) in [4.78, 5) is 44.1. The molecule has 0 fully saturated rings. The molecule has 72 heavy (non-hydrogen) atoms. The van der Waals surface area contributed by atoms with Gasteiger partial charge in [-0.3, -0.25) is 14.4 Å². The van der Waals surface area contributed by atoms with E-state index >= 15 is 0 Å². The first-order valence-corrected chi connectivity index (χ1v) is 32.5. The monoisotopic (exact) mass is 1020 g/mol. The van der Waals surface area contributed by atoms with E-state index in [9.17, 15) is 14.4 Å². The van der Waals surface area contributed by atoms with Crippen LogP contribution in [0.15, 0.2) is 0 Å². The predicted octanol–water partition coefficient (Wildman–Crippen LogP) is 19.9. The molecule has 428 valence electrons. The molecule has 2 unspecified atom stereocenters. The number of hydrogen-bond donors (Lipinski definition) is 0. The van der Waals surface area contributed by atoms with Gasteiger partial charge in [-0.25, -0.2) is 0 Å². The maximum absolute atomic E-state index is 14.0. The Bertz CT molecular complexity index is 1080. The second-order valence-corrected chi connectivity index (χ2v) is 23.1. The molecular formula is C65H128N2O5. The largest absolute Gasteiger partial charge is 0.465 e. The Labute approximate surface area is 450 Å². The zero-order valence-corrected chi connectivity index (χ0v) is 49.9. The second-order valence-electron chi connectivity index (χ2n) is 23.1. The normalized spacial score (nSPS) is 12.9. The van der Waals surface area contributed by atoms with E-state index in [0.29, 0.717) is 56.3 Å². The van der Waals surface area contributed by atoms with Crippen molar-refractivity contribution in [2.75, 3.05) is 40.4 Å². The highest BCUT2D eigenvalue weighted by Gasteiger charge is 2.23. The third-order valence-corrected chi connectivity index (χ3v) is 15.7. The molecule has 2 atom stereocenters. The summed E-state index contributed by atoms with van der Waals surface area (Å²) < 4.78 is 11.8. The summed E-state index contributed by atoms with van der Waals surface area (Å²) in [5.74, 6) is 1.44. The summed E-state index contributed by atoms with van der Waals surface area (Å²) in [6, 6.07) is 0.317. The molecule has 0 aliphatic rings. The van der Waals surface area contributed by atoms with Gasteiger partial charge in [-0.2, -0.15) is 0 Å². The van der Waals surface area contributed by atoms with Crippen molar-refractivity contribution in [1.82, 2.24) is 9.80 Å². The highest BCUT2D eigenvalue weighted by Crippen LogP contribution is 2.24. The van der Waals surface area contributed by atoms with Gasteiger partial charge >= 0.3 is 11.9 Å². The van der Waals surface area contributed by atoms with Gasteiger partial charge in [-0.15, -0.1) is 0 Å². The van der Waals surface area contributed by atoms with Gasteiger partial charge in [-0.1, -0.05) is 259 Å². The quantitative estimate of drug-likeness (QED) is 0.0446. The lowest BCUT2D eigenvalue weighted by atomic mass is 9.95. The van der Waals surface area contributed by atoms with Crippen molar-refractivity contribution in [2.24, 2.45) is 11.8 Å². The number of ether oxygens (including phenoxy) is 2. The van der Waals surface area contributed by atoms with Crippen LogP contribution in [0, 0.1) is 11.8 Å². The number of carbonyl (C=O) groups is 3. The van der Waals surface area contributed by atoms with Crippen LogP contribution >= 0.6 is 0 Å². The van der Waals surface area contributed by atoms with Gasteiger partial charge in [0.05, 0.1) is 13.2 Å². The molecule has 0 aromatic heterocycles. The van der Waals surface area contributed by atoms with Gasteiger partial charge in [0.2, 0.25) is 5.91 Å². The Morgan fingerprint density at radius 1 is 0.319 bits per heavy atom. The van der Waals surface area contributed by atoms with Crippen LogP contribution in [0.2, 0.25) is 0 Å². The van der Waals surface area contributed by atoms with Gasteiger partial charge in [0.1, 0.15) is 0 Å². The molecule has 0 radical (unpaired) electrons. The smallest absolute Gasteiger partial charge is 0.305 e. The molecule has 0 aliphatic heterocycles. The van der Waals surface area contributed by atoms with Crippen molar-refractivity contribution in [3.63, 3.8) is 0 Å². The molecule has 0 bridgehead atoms. The first-order chi connectivity index (χ1) is 35.2. The zero-order chi connectivity index (χ0) is 52.8. The van der Waals surface area contributed by atoms with Gasteiger partial charge in [-0.05, 0) is 96.7 Å². The van der Waals surface area contributed by atoms with Crippen LogP contribution in [0.1, 0.15) is 343 Å². The standard InChI is InChI=1S/C65H128N2O5/c1-8-13-18-23-30-39-49-60(47-37-21-16-11-4)58-71-64(69)54-44-35-28-26-32-41-51-62(67(57-46-56-66(6)7)63(68)53-43-34-25-20-15-10-3)52-42-33-27-29-36-45-55-65(70)72-59-61(48-38-22-17-12-5)50-40-31-24-19-14-9-2/h60-62H,8-59H2,1-7H3. The summed E-state index contributed by atoms with van der Waals surface area (Å²) in [7, 11) is 4.28. The van der Waals surface area contributed by atoms with Crippen LogP contribution in [-0.4, -0.2) is 74.1 Å². The molecule has 0 saturated carbocycles. The highest BCUT2D eigenvalue weighted by molar-refractivity contribution is 5.76. The van der Waals surface area contributed by atoms with Crippen LogP contribution in [0.4, 0.5) is 0 Å². The topological polar surface area (TPSA) is 76.2 Å². The van der Waals surface area contributed by atoms with E-state index < -0.39 is 0 Å². The van der Waals surface area contributed by atoms with E-state index in [4.69, 9.17) is 9.47 Å². The molecule has 0 aromatic carbocycles. The van der Waals surface area contributed by atoms with Gasteiger partial charge in [0, 0.05) is 31.8 Å². The SMILES string of the molecule is CCCCCCCCC(=O)N(CCCN(C)C)C(CCCCCCCCC(=O)OCC(CCCCCC)CCCCCCCC)CCCCCCCCC(=O)OCC(CCCCCC)CCCCCCCC. The molecule has 0 aliphatic carbocycles. The van der Waals surface area contributed by atoms with Crippen molar-refractivity contribution in [3.05, 3.63) is 0 Å². The van der Waals surface area contributed by atoms with Crippen molar-refractivity contribution in [2.45, 2.75) is 349 Å². The summed E-state index contributed by atoms with van der Waals surface area (Å²) in [5, 5.41) is 0. The minimum Gasteiger partial charge on any atom is -0.465 e. The van der Waals surface area contributed by atoms with E-state index in [1.165, 1.54) is 205 Å². The Morgan fingerprint density at radius 3 is 0.931 bits per heavy atom. The summed E-state index contributed by atoms with van der Waals surface area (Å²) in [5.41, 5.74) is 0. The predicted molar refractivity (Wildman–Crippen MR) is 313 cm³/mol. The molecule has 0 heterocycles. The van der Waals surface area contributed by atoms with Gasteiger partial charge in [0.15, 0.2) is 0 Å². The van der Waals surface area contributed by atoms with Crippen LogP contribution in [0.25, 0.3) is 0 Å². The lowest BCUT2D eigenvalue weighted by Gasteiger charge is -2.33. The molecule has 0 spiro atoms. The second kappa shape index (κ2) is 55.6. The van der Waals surface area contributed by atoms with E-state index in [2.05, 4.69) is 58.5 Å². The molecule has 7 nitrogen and oxygen atoms in total. The molecular weight excluding hydrogens is 889 g/mol. The Kier molecular flexibility index (Phi) is 54.3. The lowest BCUT2D eigenvalue weighted by Crippen LogP contribution is -2.41. The van der Waals surface area contributed by atoms with Crippen LogP contribution in [-0.2, 0) is 23.9 Å². The van der Waals surface area contributed by atoms with E-state index in [-0.39, 0.29) is 11.9 Å². The zero-order valence-electron chi connectivity index (χ0n) is 49.9. The lowest BCUT2D eigenvalue weighted by molar-refractivity contribution is -0.146. The van der Waals surface area contributed by atoms with Crippen molar-refractivity contribution in [3.8, 4) is 0 Å². The van der Waals surface area contributed by atoms with Crippen LogP contribution in [0.5, 0.6) is 0 Å². The molecule has 7 heteroatoms. The van der Waals surface area contributed by atoms with Crippen molar-refractivity contribution >= 4 is 17.8 Å². The Balaban J connectivity index is 5.03. The molecule has 0 rings (SSSR count). The fourth-order valence-electron chi connectivity index (χ4n) is 10.8. The summed E-state index contributed by atoms with van der Waals surface area (Å²) in [6.07, 6.45) is 56.6. The van der Waals surface area contributed by atoms with Crippen molar-refractivity contribution < 1.29 is 23.9 Å². The number of nitrogens with zero attached hydrogens (tertiary/aromatic N) is 2. The molecule has 0 aromatic rings. The van der Waals surface area contributed by atoms with E-state index in [0.717, 1.165) is 96.6 Å². The number of amides is 1. The third-order valence-electron chi connectivity index (χ3n) is 15.7. The molecule has 1 amide bonds. The molecule has 0 N–H and O–H groups in total. The van der Waals surface area contributed by atoms with E-state index in [1.807, 2.05) is 0 Å². The Morgan fingerprint density at radius 2 is 0.597 bits per heavy atom. The third kappa shape index (κ3) is 48.0. The first kappa shape index (κ1) is 70.4. The number of hydrogen-bond acceptors (Lipinski definition) is 6. The minimum absolute atomic E-state index is 0.00462. The molecule has 0 saturated heterocycles. The number of unbranched alkanes of at least 4 members (excludes halogenated alkanes) is 31. The maximum Gasteiger partial charge on any atom is 0.305 e. The van der Waals surface area contributed by atoms with Crippen molar-refractivity contribution in [1.29, 1.82) is 0 Å². The Hall–Kier alpha value is -1.63. The van der Waals surface area contributed by atoms with E-state index in [1.54, 1.807) is 0 Å². The number of carbonyl (C=O) groups excluding carboxylic acids is 3. The first-order valence-electron chi connectivity index (χ1n) is 32.5. The highest BCUT2D eigenvalue weighted by atomic mass is 16.5. The number of esters is 2. The minimum atomic E-state index is 0.00462. The van der Waals surface area contributed by atoms with Gasteiger partial charge < -0.3 is 19.3 Å². The fourth-order valence-corrected chi connectivity index (χ4v) is 10.8. The van der Waals surface area contributed by atoms with Crippen LogP contribution in [0.3, 0.4) is 0 Å². The summed E-state index contributed by atoms with van der Waals surface area (Å²) in [6.45, 7) is 14.5. The van der Waals surface area contributed by atoms with Crippen LogP contribution < -0.4 is 0 Å². The fraction of sp³-hybridized carbons (Fsp3) is 0.954. The average molecular weight is 1020 g/mol. The number of rotatable bonds is 58. The summed E-state index contributed by atoms with van der Waals surface area (Å²) >= 11 is 0. The maximum atomic E-state index is 14.0. The van der Waals surface area contributed by atoms with Gasteiger partial charge in [0.25, 0.3) is 0 Å². The average Bonchev–Trinajstić information content (AvgIpc) is 3.37.